The normalized spacial score (nSPS) is 17.2. The van der Waals surface area contributed by atoms with Gasteiger partial charge in [0.25, 0.3) is 5.56 Å². The summed E-state index contributed by atoms with van der Waals surface area (Å²) in [5, 5.41) is 8.35. The van der Waals surface area contributed by atoms with Crippen molar-refractivity contribution in [1.82, 2.24) is 19.7 Å². The molecule has 0 radical (unpaired) electrons. The minimum absolute atomic E-state index is 0.00236. The minimum Gasteiger partial charge on any atom is -0.399 e. The van der Waals surface area contributed by atoms with Crippen molar-refractivity contribution in [2.24, 2.45) is 13.0 Å². The lowest BCUT2D eigenvalue weighted by Crippen LogP contribution is -2.49. The Morgan fingerprint density at radius 2 is 1.81 bits per heavy atom. The number of benzene rings is 1. The van der Waals surface area contributed by atoms with Crippen LogP contribution < -0.4 is 21.5 Å². The third kappa shape index (κ3) is 5.05. The molecule has 2 fully saturated rings. The van der Waals surface area contributed by atoms with Gasteiger partial charge in [-0.1, -0.05) is 0 Å². The van der Waals surface area contributed by atoms with E-state index in [1.54, 1.807) is 13.0 Å². The Hall–Kier alpha value is -3.83. The molecule has 0 bridgehead atoms. The number of aromatic nitrogens is 3. The molecule has 3 N–H and O–H groups in total. The van der Waals surface area contributed by atoms with E-state index < -0.39 is 17.8 Å². The largest absolute Gasteiger partial charge is 0.416 e. The fourth-order valence-corrected chi connectivity index (χ4v) is 4.64. The van der Waals surface area contributed by atoms with Crippen LogP contribution in [0, 0.1) is 5.92 Å². The highest BCUT2D eigenvalue weighted by atomic mass is 19.4. The zero-order chi connectivity index (χ0) is 26.5. The minimum atomic E-state index is -4.53. The Labute approximate surface area is 211 Å². The maximum Gasteiger partial charge on any atom is 0.416 e. The highest BCUT2D eigenvalue weighted by Crippen LogP contribution is 2.34. The number of hydrogen-bond acceptors (Lipinski definition) is 7. The number of carbonyl (C=O) groups excluding carboxylic acids is 1. The fourth-order valence-electron chi connectivity index (χ4n) is 4.64. The Balaban J connectivity index is 1.43. The van der Waals surface area contributed by atoms with E-state index in [0.29, 0.717) is 54.2 Å². The van der Waals surface area contributed by atoms with Crippen molar-refractivity contribution in [2.45, 2.75) is 32.0 Å². The summed E-state index contributed by atoms with van der Waals surface area (Å²) in [6, 6.07) is 4.59. The van der Waals surface area contributed by atoms with E-state index in [-0.39, 0.29) is 23.1 Å². The van der Waals surface area contributed by atoms with Gasteiger partial charge in [0.15, 0.2) is 5.82 Å². The van der Waals surface area contributed by atoms with Crippen molar-refractivity contribution < 1.29 is 18.0 Å². The summed E-state index contributed by atoms with van der Waals surface area (Å²) in [4.78, 5) is 33.6. The molecule has 196 valence electrons. The number of nitrogens with one attached hydrogen (secondary N) is 1. The SMILES string of the molecule is C[C@@H](Nc1nn(C)c(=O)c2cnc(N3CCN(C(=O)C4CC4)CC3)cc12)c1cc(N)cc(C(F)(F)F)c1. The maximum absolute atomic E-state index is 13.3. The topological polar surface area (TPSA) is 109 Å². The van der Waals surface area contributed by atoms with E-state index in [1.165, 1.54) is 24.0 Å². The van der Waals surface area contributed by atoms with E-state index >= 15 is 0 Å². The first kappa shape index (κ1) is 24.8. The predicted molar refractivity (Wildman–Crippen MR) is 134 cm³/mol. The number of amides is 1. The first-order chi connectivity index (χ1) is 17.5. The van der Waals surface area contributed by atoms with Gasteiger partial charge in [-0.3, -0.25) is 9.59 Å². The van der Waals surface area contributed by atoms with Crippen LogP contribution in [0.1, 0.15) is 36.9 Å². The molecule has 5 rings (SSSR count). The first-order valence-electron chi connectivity index (χ1n) is 12.2. The highest BCUT2D eigenvalue weighted by molar-refractivity contribution is 5.92. The molecular formula is C25H28F3N7O2. The molecule has 12 heteroatoms. The van der Waals surface area contributed by atoms with E-state index in [0.717, 1.165) is 25.0 Å². The zero-order valence-electron chi connectivity index (χ0n) is 20.5. The van der Waals surface area contributed by atoms with E-state index in [4.69, 9.17) is 5.73 Å². The third-order valence-electron chi connectivity index (χ3n) is 6.92. The van der Waals surface area contributed by atoms with E-state index in [9.17, 15) is 22.8 Å². The Bertz CT molecular complexity index is 1410. The van der Waals surface area contributed by atoms with Gasteiger partial charge >= 0.3 is 6.18 Å². The smallest absolute Gasteiger partial charge is 0.399 e. The number of pyridine rings is 1. The lowest BCUT2D eigenvalue weighted by Gasteiger charge is -2.35. The van der Waals surface area contributed by atoms with E-state index in [2.05, 4.69) is 15.4 Å². The van der Waals surface area contributed by atoms with E-state index in [1.807, 2.05) is 9.80 Å². The van der Waals surface area contributed by atoms with Crippen LogP contribution in [0.3, 0.4) is 0 Å². The van der Waals surface area contributed by atoms with Gasteiger partial charge in [-0.05, 0) is 49.6 Å². The standard InChI is InChI=1S/C25H28F3N7O2/c1-14(16-9-17(25(26,27)28)11-18(29)10-16)31-22-19-12-21(30-13-20(19)24(37)33(2)32-22)34-5-7-35(8-6-34)23(36)15-3-4-15/h9-15H,3-8,29H2,1-2H3,(H,31,32)/t14-/m1/s1. The van der Waals surface area contributed by atoms with Crippen LogP contribution in [-0.4, -0.2) is 51.8 Å². The average molecular weight is 516 g/mol. The predicted octanol–water partition coefficient (Wildman–Crippen LogP) is 3.16. The molecule has 3 heterocycles. The van der Waals surface area contributed by atoms with Crippen LogP contribution in [0.4, 0.5) is 30.5 Å². The number of hydrogen-bond donors (Lipinski definition) is 2. The number of aryl methyl sites for hydroxylation is 1. The zero-order valence-corrected chi connectivity index (χ0v) is 20.5. The maximum atomic E-state index is 13.3. The monoisotopic (exact) mass is 515 g/mol. The lowest BCUT2D eigenvalue weighted by atomic mass is 10.0. The first-order valence-corrected chi connectivity index (χ1v) is 12.2. The van der Waals surface area contributed by atoms with Gasteiger partial charge in [0.1, 0.15) is 5.82 Å². The Kier molecular flexibility index (Phi) is 6.20. The van der Waals surface area contributed by atoms with Crippen molar-refractivity contribution in [1.29, 1.82) is 0 Å². The molecule has 2 aliphatic rings. The molecule has 37 heavy (non-hydrogen) atoms. The van der Waals surface area contributed by atoms with Gasteiger partial charge in [-0.25, -0.2) is 9.67 Å². The van der Waals surface area contributed by atoms with Gasteiger partial charge in [0.2, 0.25) is 5.91 Å². The number of rotatable bonds is 5. The Morgan fingerprint density at radius 1 is 1.11 bits per heavy atom. The van der Waals surface area contributed by atoms with Crippen molar-refractivity contribution in [2.75, 3.05) is 42.1 Å². The number of piperazine rings is 1. The lowest BCUT2D eigenvalue weighted by molar-refractivity contribution is -0.137. The number of nitrogens with two attached hydrogens (primary N) is 1. The molecule has 1 atom stereocenters. The third-order valence-corrected chi connectivity index (χ3v) is 6.92. The van der Waals surface area contributed by atoms with Crippen LogP contribution in [0.2, 0.25) is 0 Å². The molecule has 1 aliphatic heterocycles. The molecular weight excluding hydrogens is 487 g/mol. The molecule has 1 aliphatic carbocycles. The van der Waals surface area contributed by atoms with Crippen LogP contribution in [0.5, 0.6) is 0 Å². The van der Waals surface area contributed by atoms with Gasteiger partial charge in [-0.15, -0.1) is 0 Å². The molecule has 2 aromatic heterocycles. The van der Waals surface area contributed by atoms with Crippen molar-refractivity contribution in [3.05, 3.63) is 51.9 Å². The quantitative estimate of drug-likeness (QED) is 0.503. The number of nitrogen functional groups attached to an aromatic ring is 1. The number of halogens is 3. The Morgan fingerprint density at radius 3 is 2.46 bits per heavy atom. The van der Waals surface area contributed by atoms with Crippen molar-refractivity contribution >= 4 is 34.0 Å². The van der Waals surface area contributed by atoms with Crippen LogP contribution >= 0.6 is 0 Å². The van der Waals surface area contributed by atoms with Gasteiger partial charge in [-0.2, -0.15) is 18.3 Å². The molecule has 0 unspecified atom stereocenters. The average Bonchev–Trinajstić information content (AvgIpc) is 3.71. The van der Waals surface area contributed by atoms with Crippen molar-refractivity contribution in [3.63, 3.8) is 0 Å². The van der Waals surface area contributed by atoms with Crippen LogP contribution in [-0.2, 0) is 18.0 Å². The second-order valence-corrected chi connectivity index (χ2v) is 9.70. The summed E-state index contributed by atoms with van der Waals surface area (Å²) >= 11 is 0. The van der Waals surface area contributed by atoms with Gasteiger partial charge < -0.3 is 20.9 Å². The van der Waals surface area contributed by atoms with Gasteiger partial charge in [0.05, 0.1) is 17.0 Å². The van der Waals surface area contributed by atoms with Crippen LogP contribution in [0.25, 0.3) is 10.8 Å². The molecule has 9 nitrogen and oxygen atoms in total. The fraction of sp³-hybridized carbons (Fsp3) is 0.440. The number of anilines is 3. The molecule has 0 spiro atoms. The summed E-state index contributed by atoms with van der Waals surface area (Å²) in [5.74, 6) is 1.37. The van der Waals surface area contributed by atoms with Crippen LogP contribution in [0.15, 0.2) is 35.3 Å². The summed E-state index contributed by atoms with van der Waals surface area (Å²) < 4.78 is 41.1. The number of nitrogens with zero attached hydrogens (tertiary/aromatic N) is 5. The molecule has 1 saturated heterocycles. The number of carbonyl (C=O) groups is 1. The molecule has 3 aromatic rings. The van der Waals surface area contributed by atoms with Crippen molar-refractivity contribution in [3.8, 4) is 0 Å². The summed E-state index contributed by atoms with van der Waals surface area (Å²) in [7, 11) is 1.50. The highest BCUT2D eigenvalue weighted by Gasteiger charge is 2.35. The summed E-state index contributed by atoms with van der Waals surface area (Å²) in [5.41, 5.74) is 4.91. The molecule has 1 amide bonds. The number of fused-ring (bicyclic) bond motifs is 1. The molecule has 1 saturated carbocycles. The van der Waals surface area contributed by atoms with Gasteiger partial charge in [0, 0.05) is 56.4 Å². The molecule has 1 aromatic carbocycles. The summed E-state index contributed by atoms with van der Waals surface area (Å²) in [6.07, 6.45) is -1.10. The summed E-state index contributed by atoms with van der Waals surface area (Å²) in [6.45, 7) is 4.12. The second kappa shape index (κ2) is 9.24. The number of alkyl halides is 3. The second-order valence-electron chi connectivity index (χ2n) is 9.70.